The number of hydrogen-bond donors (Lipinski definition) is 1. The molecule has 4 nitrogen and oxygen atoms in total. The first-order valence-electron chi connectivity index (χ1n) is 8.95. The van der Waals surface area contributed by atoms with Gasteiger partial charge in [-0.15, -0.1) is 0 Å². The Kier molecular flexibility index (Phi) is 7.83. The Morgan fingerprint density at radius 1 is 0.920 bits per heavy atom. The molecule has 0 heterocycles. The van der Waals surface area contributed by atoms with Crippen LogP contribution in [0.3, 0.4) is 0 Å². The quantitative estimate of drug-likeness (QED) is 0.458. The number of hydrogen-bond acceptors (Lipinski definition) is 4. The lowest BCUT2D eigenvalue weighted by molar-refractivity contribution is 0.303. The molecule has 2 aromatic rings. The van der Waals surface area contributed by atoms with E-state index in [9.17, 15) is 5.11 Å². The molecule has 0 aliphatic carbocycles. The van der Waals surface area contributed by atoms with Crippen LogP contribution in [-0.2, 0) is 0 Å². The highest BCUT2D eigenvalue weighted by Gasteiger charge is 2.02. The van der Waals surface area contributed by atoms with Gasteiger partial charge in [0.2, 0.25) is 0 Å². The van der Waals surface area contributed by atoms with E-state index in [-0.39, 0.29) is 5.75 Å². The molecule has 2 rings (SSSR count). The first kappa shape index (κ1) is 18.8. The third-order valence-corrected chi connectivity index (χ3v) is 3.77. The fourth-order valence-electron chi connectivity index (χ4n) is 2.38. The molecule has 0 spiro atoms. The standard InChI is InChI=1S/C21H27NO3/c1-3-5-6-7-14-25-20-11-8-17(21(23)15-20)16-22-18-9-12-19(13-10-18)24-4-2/h8-13,15-16,23H,3-7,14H2,1-2H3. The van der Waals surface area contributed by atoms with E-state index >= 15 is 0 Å². The highest BCUT2D eigenvalue weighted by molar-refractivity contribution is 5.85. The van der Waals surface area contributed by atoms with E-state index in [0.717, 1.165) is 17.9 Å². The summed E-state index contributed by atoms with van der Waals surface area (Å²) in [5.41, 5.74) is 1.46. The first-order valence-corrected chi connectivity index (χ1v) is 8.95. The summed E-state index contributed by atoms with van der Waals surface area (Å²) in [4.78, 5) is 4.38. The number of phenolic OH excluding ortho intramolecular Hbond substituents is 1. The molecule has 0 aromatic heterocycles. The van der Waals surface area contributed by atoms with Crippen LogP contribution in [0, 0.1) is 0 Å². The lowest BCUT2D eigenvalue weighted by Gasteiger charge is -2.07. The number of unbranched alkanes of at least 4 members (excludes halogenated alkanes) is 3. The second kappa shape index (κ2) is 10.4. The van der Waals surface area contributed by atoms with Crippen molar-refractivity contribution >= 4 is 11.9 Å². The summed E-state index contributed by atoms with van der Waals surface area (Å²) in [6, 6.07) is 12.8. The predicted octanol–water partition coefficient (Wildman–Crippen LogP) is 5.50. The van der Waals surface area contributed by atoms with Gasteiger partial charge >= 0.3 is 0 Å². The fraction of sp³-hybridized carbons (Fsp3) is 0.381. The number of aliphatic imine (C=N–C) groups is 1. The molecule has 0 saturated heterocycles. The Hall–Kier alpha value is -2.49. The van der Waals surface area contributed by atoms with Crippen molar-refractivity contribution in [2.45, 2.75) is 39.5 Å². The summed E-state index contributed by atoms with van der Waals surface area (Å²) in [5, 5.41) is 10.1. The van der Waals surface area contributed by atoms with E-state index in [1.807, 2.05) is 43.3 Å². The molecule has 25 heavy (non-hydrogen) atoms. The molecule has 0 atom stereocenters. The van der Waals surface area contributed by atoms with Gasteiger partial charge in [0.1, 0.15) is 17.2 Å². The highest BCUT2D eigenvalue weighted by Crippen LogP contribution is 2.24. The summed E-state index contributed by atoms with van der Waals surface area (Å²) in [6.45, 7) is 5.46. The number of ether oxygens (including phenoxy) is 2. The Morgan fingerprint density at radius 3 is 2.36 bits per heavy atom. The molecule has 0 unspecified atom stereocenters. The van der Waals surface area contributed by atoms with Gasteiger partial charge < -0.3 is 14.6 Å². The van der Waals surface area contributed by atoms with Gasteiger partial charge in [-0.1, -0.05) is 26.2 Å². The van der Waals surface area contributed by atoms with E-state index in [4.69, 9.17) is 9.47 Å². The summed E-state index contributed by atoms with van der Waals surface area (Å²) in [5.74, 6) is 1.68. The number of rotatable bonds is 10. The molecule has 1 N–H and O–H groups in total. The Balaban J connectivity index is 1.91. The zero-order valence-corrected chi connectivity index (χ0v) is 15.1. The first-order chi connectivity index (χ1) is 12.2. The van der Waals surface area contributed by atoms with Gasteiger partial charge in [-0.05, 0) is 49.7 Å². The van der Waals surface area contributed by atoms with Gasteiger partial charge in [0.25, 0.3) is 0 Å². The van der Waals surface area contributed by atoms with E-state index < -0.39 is 0 Å². The minimum absolute atomic E-state index is 0.167. The molecule has 0 saturated carbocycles. The molecule has 0 bridgehead atoms. The monoisotopic (exact) mass is 341 g/mol. The van der Waals surface area contributed by atoms with Gasteiger partial charge in [0.15, 0.2) is 0 Å². The number of benzene rings is 2. The fourth-order valence-corrected chi connectivity index (χ4v) is 2.38. The minimum atomic E-state index is 0.167. The van der Waals surface area contributed by atoms with Crippen LogP contribution in [0.15, 0.2) is 47.5 Å². The average Bonchev–Trinajstić information content (AvgIpc) is 2.62. The van der Waals surface area contributed by atoms with Crippen molar-refractivity contribution in [2.24, 2.45) is 4.99 Å². The minimum Gasteiger partial charge on any atom is -0.507 e. The Bertz CT molecular complexity index is 665. The van der Waals surface area contributed by atoms with Gasteiger partial charge in [-0.2, -0.15) is 0 Å². The molecule has 0 aliphatic heterocycles. The van der Waals surface area contributed by atoms with E-state index in [2.05, 4.69) is 11.9 Å². The maximum Gasteiger partial charge on any atom is 0.128 e. The third kappa shape index (κ3) is 6.49. The van der Waals surface area contributed by atoms with Crippen LogP contribution in [0.5, 0.6) is 17.2 Å². The van der Waals surface area contributed by atoms with Gasteiger partial charge in [0, 0.05) is 17.8 Å². The van der Waals surface area contributed by atoms with Crippen LogP contribution >= 0.6 is 0 Å². The van der Waals surface area contributed by atoms with Crippen LogP contribution in [-0.4, -0.2) is 24.5 Å². The maximum absolute atomic E-state index is 10.1. The topological polar surface area (TPSA) is 51.0 Å². The Labute approximate surface area is 150 Å². The van der Waals surface area contributed by atoms with E-state index in [1.165, 1.54) is 19.3 Å². The van der Waals surface area contributed by atoms with Crippen molar-refractivity contribution in [2.75, 3.05) is 13.2 Å². The zero-order valence-electron chi connectivity index (χ0n) is 15.1. The summed E-state index contributed by atoms with van der Waals surface area (Å²) < 4.78 is 11.1. The molecular formula is C21H27NO3. The number of aromatic hydroxyl groups is 1. The molecule has 134 valence electrons. The molecule has 0 amide bonds. The van der Waals surface area contributed by atoms with Crippen molar-refractivity contribution < 1.29 is 14.6 Å². The molecule has 0 radical (unpaired) electrons. The molecule has 4 heteroatoms. The molecular weight excluding hydrogens is 314 g/mol. The van der Waals surface area contributed by atoms with Crippen molar-refractivity contribution in [3.8, 4) is 17.2 Å². The van der Waals surface area contributed by atoms with E-state index in [0.29, 0.717) is 24.5 Å². The van der Waals surface area contributed by atoms with Crippen molar-refractivity contribution in [3.63, 3.8) is 0 Å². The Morgan fingerprint density at radius 2 is 1.68 bits per heavy atom. The third-order valence-electron chi connectivity index (χ3n) is 3.77. The van der Waals surface area contributed by atoms with Crippen LogP contribution in [0.1, 0.15) is 45.1 Å². The van der Waals surface area contributed by atoms with Crippen LogP contribution in [0.4, 0.5) is 5.69 Å². The van der Waals surface area contributed by atoms with Gasteiger partial charge in [-0.25, -0.2) is 0 Å². The zero-order chi connectivity index (χ0) is 17.9. The largest absolute Gasteiger partial charge is 0.507 e. The SMILES string of the molecule is CCCCCCOc1ccc(C=Nc2ccc(OCC)cc2)c(O)c1. The van der Waals surface area contributed by atoms with Crippen LogP contribution in [0.25, 0.3) is 0 Å². The summed E-state index contributed by atoms with van der Waals surface area (Å²) in [7, 11) is 0. The number of phenols is 1. The maximum atomic E-state index is 10.1. The van der Waals surface area contributed by atoms with Crippen molar-refractivity contribution in [1.29, 1.82) is 0 Å². The van der Waals surface area contributed by atoms with Crippen LogP contribution < -0.4 is 9.47 Å². The summed E-state index contributed by atoms with van der Waals surface area (Å²) >= 11 is 0. The lowest BCUT2D eigenvalue weighted by Crippen LogP contribution is -1.97. The summed E-state index contributed by atoms with van der Waals surface area (Å²) in [6.07, 6.45) is 6.31. The number of nitrogens with zero attached hydrogens (tertiary/aromatic N) is 1. The van der Waals surface area contributed by atoms with E-state index in [1.54, 1.807) is 12.3 Å². The second-order valence-corrected chi connectivity index (χ2v) is 5.81. The average molecular weight is 341 g/mol. The van der Waals surface area contributed by atoms with Crippen LogP contribution in [0.2, 0.25) is 0 Å². The van der Waals surface area contributed by atoms with Gasteiger partial charge in [-0.3, -0.25) is 4.99 Å². The molecule has 0 fully saturated rings. The molecule has 2 aromatic carbocycles. The second-order valence-electron chi connectivity index (χ2n) is 5.81. The van der Waals surface area contributed by atoms with Crippen molar-refractivity contribution in [1.82, 2.24) is 0 Å². The lowest BCUT2D eigenvalue weighted by atomic mass is 10.2. The predicted molar refractivity (Wildman–Crippen MR) is 103 cm³/mol. The van der Waals surface area contributed by atoms with Crippen molar-refractivity contribution in [3.05, 3.63) is 48.0 Å². The normalized spacial score (nSPS) is 11.0. The smallest absolute Gasteiger partial charge is 0.128 e. The molecule has 0 aliphatic rings. The highest BCUT2D eigenvalue weighted by atomic mass is 16.5. The van der Waals surface area contributed by atoms with Gasteiger partial charge in [0.05, 0.1) is 18.9 Å².